The second-order valence-corrected chi connectivity index (χ2v) is 5.31. The van der Waals surface area contributed by atoms with Gasteiger partial charge < -0.3 is 15.0 Å². The number of hydrogen-bond acceptors (Lipinski definition) is 3. The number of nitrogens with one attached hydrogen (secondary N) is 1. The minimum atomic E-state index is -0.767. The molecule has 1 aliphatic heterocycles. The molecule has 2 amide bonds. The highest BCUT2D eigenvalue weighted by molar-refractivity contribution is 5.97. The van der Waals surface area contributed by atoms with Gasteiger partial charge in [-0.15, -0.1) is 0 Å². The highest BCUT2D eigenvalue weighted by Crippen LogP contribution is 2.26. The SMILES string of the molecule is CCC1(CC)NC(=O)CN(Cc2ccccc2OC)C1=O. The van der Waals surface area contributed by atoms with Gasteiger partial charge in [0.15, 0.2) is 0 Å². The Hall–Kier alpha value is -2.04. The number of para-hydroxylation sites is 1. The average molecular weight is 290 g/mol. The van der Waals surface area contributed by atoms with E-state index in [0.717, 1.165) is 11.3 Å². The number of piperazine rings is 1. The predicted octanol–water partition coefficient (Wildman–Crippen LogP) is 1.71. The van der Waals surface area contributed by atoms with Gasteiger partial charge >= 0.3 is 0 Å². The molecule has 1 aromatic rings. The van der Waals surface area contributed by atoms with Crippen LogP contribution in [0.5, 0.6) is 5.75 Å². The third-order valence-electron chi connectivity index (χ3n) is 4.17. The highest BCUT2D eigenvalue weighted by Gasteiger charge is 2.43. The zero-order chi connectivity index (χ0) is 15.5. The molecule has 114 valence electrons. The van der Waals surface area contributed by atoms with Gasteiger partial charge in [-0.05, 0) is 18.9 Å². The van der Waals surface area contributed by atoms with Gasteiger partial charge in [0, 0.05) is 12.1 Å². The van der Waals surface area contributed by atoms with Crippen molar-refractivity contribution in [2.24, 2.45) is 0 Å². The fraction of sp³-hybridized carbons (Fsp3) is 0.500. The summed E-state index contributed by atoms with van der Waals surface area (Å²) in [6.07, 6.45) is 1.19. The maximum Gasteiger partial charge on any atom is 0.249 e. The molecule has 1 heterocycles. The Kier molecular flexibility index (Phi) is 4.50. The van der Waals surface area contributed by atoms with Crippen molar-refractivity contribution in [3.8, 4) is 5.75 Å². The van der Waals surface area contributed by atoms with Gasteiger partial charge in [-0.3, -0.25) is 9.59 Å². The molecule has 0 atom stereocenters. The standard InChI is InChI=1S/C16H22N2O3/c1-4-16(5-2)15(20)18(11-14(19)17-16)10-12-8-6-7-9-13(12)21-3/h6-9H,4-5,10-11H2,1-3H3,(H,17,19). The van der Waals surface area contributed by atoms with Gasteiger partial charge in [0.2, 0.25) is 11.8 Å². The van der Waals surface area contributed by atoms with E-state index in [9.17, 15) is 9.59 Å². The number of methoxy groups -OCH3 is 1. The smallest absolute Gasteiger partial charge is 0.249 e. The van der Waals surface area contributed by atoms with Crippen molar-refractivity contribution in [2.45, 2.75) is 38.8 Å². The Labute approximate surface area is 125 Å². The Bertz CT molecular complexity index is 538. The number of carbonyl (C=O) groups is 2. The molecular weight excluding hydrogens is 268 g/mol. The van der Waals surface area contributed by atoms with Crippen molar-refractivity contribution in [1.82, 2.24) is 10.2 Å². The zero-order valence-electron chi connectivity index (χ0n) is 12.8. The molecule has 0 unspecified atom stereocenters. The van der Waals surface area contributed by atoms with Gasteiger partial charge in [0.25, 0.3) is 0 Å². The maximum atomic E-state index is 12.7. The Morgan fingerprint density at radius 3 is 2.52 bits per heavy atom. The molecule has 1 aromatic carbocycles. The van der Waals surface area contributed by atoms with Crippen LogP contribution in [0.3, 0.4) is 0 Å². The lowest BCUT2D eigenvalue weighted by molar-refractivity contribution is -0.151. The molecule has 0 radical (unpaired) electrons. The van der Waals surface area contributed by atoms with Crippen LogP contribution < -0.4 is 10.1 Å². The molecule has 1 fully saturated rings. The van der Waals surface area contributed by atoms with E-state index in [1.807, 2.05) is 38.1 Å². The number of hydrogen-bond donors (Lipinski definition) is 1. The maximum absolute atomic E-state index is 12.7. The number of amides is 2. The number of benzene rings is 1. The van der Waals surface area contributed by atoms with Crippen LogP contribution in [0.1, 0.15) is 32.3 Å². The molecule has 2 rings (SSSR count). The first-order chi connectivity index (χ1) is 10.1. The molecule has 0 saturated carbocycles. The van der Waals surface area contributed by atoms with Gasteiger partial charge in [-0.25, -0.2) is 0 Å². The van der Waals surface area contributed by atoms with Gasteiger partial charge in [-0.2, -0.15) is 0 Å². The van der Waals surface area contributed by atoms with Crippen LogP contribution in [0, 0.1) is 0 Å². The van der Waals surface area contributed by atoms with E-state index in [0.29, 0.717) is 19.4 Å². The van der Waals surface area contributed by atoms with E-state index in [4.69, 9.17) is 4.74 Å². The predicted molar refractivity (Wildman–Crippen MR) is 79.9 cm³/mol. The molecule has 1 aliphatic rings. The largest absolute Gasteiger partial charge is 0.496 e. The number of nitrogens with zero attached hydrogens (tertiary/aromatic N) is 1. The Morgan fingerprint density at radius 2 is 1.90 bits per heavy atom. The van der Waals surface area contributed by atoms with Gasteiger partial charge in [0.05, 0.1) is 13.7 Å². The normalized spacial score (nSPS) is 17.6. The molecule has 5 heteroatoms. The number of carbonyl (C=O) groups excluding carboxylic acids is 2. The van der Waals surface area contributed by atoms with E-state index < -0.39 is 5.54 Å². The summed E-state index contributed by atoms with van der Waals surface area (Å²) in [5, 5.41) is 2.86. The zero-order valence-corrected chi connectivity index (χ0v) is 12.8. The van der Waals surface area contributed by atoms with Crippen molar-refractivity contribution in [3.05, 3.63) is 29.8 Å². The van der Waals surface area contributed by atoms with Crippen LogP contribution in [0.25, 0.3) is 0 Å². The molecule has 0 aromatic heterocycles. The van der Waals surface area contributed by atoms with Crippen molar-refractivity contribution in [1.29, 1.82) is 0 Å². The summed E-state index contributed by atoms with van der Waals surface area (Å²) in [7, 11) is 1.60. The third kappa shape index (κ3) is 2.86. The molecule has 1 saturated heterocycles. The van der Waals surface area contributed by atoms with Crippen LogP contribution in [0.15, 0.2) is 24.3 Å². The topological polar surface area (TPSA) is 58.6 Å². The minimum Gasteiger partial charge on any atom is -0.496 e. The summed E-state index contributed by atoms with van der Waals surface area (Å²) < 4.78 is 5.32. The van der Waals surface area contributed by atoms with Crippen molar-refractivity contribution < 1.29 is 14.3 Å². The van der Waals surface area contributed by atoms with Gasteiger partial charge in [-0.1, -0.05) is 32.0 Å². The lowest BCUT2D eigenvalue weighted by Crippen LogP contribution is -2.65. The molecule has 1 N–H and O–H groups in total. The summed E-state index contributed by atoms with van der Waals surface area (Å²) in [5.41, 5.74) is 0.140. The first kappa shape index (κ1) is 15.4. The second kappa shape index (κ2) is 6.16. The Morgan fingerprint density at radius 1 is 1.24 bits per heavy atom. The second-order valence-electron chi connectivity index (χ2n) is 5.31. The van der Waals surface area contributed by atoms with E-state index in [1.165, 1.54) is 0 Å². The number of ether oxygens (including phenoxy) is 1. The minimum absolute atomic E-state index is 0.0157. The first-order valence-electron chi connectivity index (χ1n) is 7.28. The molecule has 21 heavy (non-hydrogen) atoms. The van der Waals surface area contributed by atoms with Crippen molar-refractivity contribution >= 4 is 11.8 Å². The molecule has 0 aliphatic carbocycles. The van der Waals surface area contributed by atoms with E-state index in [1.54, 1.807) is 12.0 Å². The lowest BCUT2D eigenvalue weighted by Gasteiger charge is -2.41. The monoisotopic (exact) mass is 290 g/mol. The molecule has 0 bridgehead atoms. The summed E-state index contributed by atoms with van der Waals surface area (Å²) in [6.45, 7) is 4.33. The lowest BCUT2D eigenvalue weighted by atomic mass is 9.88. The molecule has 5 nitrogen and oxygen atoms in total. The van der Waals surface area contributed by atoms with Gasteiger partial charge in [0.1, 0.15) is 11.3 Å². The molecular formula is C16H22N2O3. The van der Waals surface area contributed by atoms with Crippen LogP contribution in [-0.2, 0) is 16.1 Å². The van der Waals surface area contributed by atoms with E-state index in [-0.39, 0.29) is 18.4 Å². The Balaban J connectivity index is 2.26. The van der Waals surface area contributed by atoms with Crippen LogP contribution in [0.4, 0.5) is 0 Å². The third-order valence-corrected chi connectivity index (χ3v) is 4.17. The summed E-state index contributed by atoms with van der Waals surface area (Å²) in [6, 6.07) is 7.56. The van der Waals surface area contributed by atoms with Crippen LogP contribution in [-0.4, -0.2) is 35.9 Å². The van der Waals surface area contributed by atoms with Crippen molar-refractivity contribution in [2.75, 3.05) is 13.7 Å². The summed E-state index contributed by atoms with van der Waals surface area (Å²) in [5.74, 6) is 0.612. The molecule has 0 spiro atoms. The first-order valence-corrected chi connectivity index (χ1v) is 7.28. The average Bonchev–Trinajstić information content (AvgIpc) is 2.51. The van der Waals surface area contributed by atoms with E-state index >= 15 is 0 Å². The fourth-order valence-electron chi connectivity index (χ4n) is 2.80. The van der Waals surface area contributed by atoms with Crippen LogP contribution >= 0.6 is 0 Å². The van der Waals surface area contributed by atoms with E-state index in [2.05, 4.69) is 5.32 Å². The van der Waals surface area contributed by atoms with Crippen molar-refractivity contribution in [3.63, 3.8) is 0 Å². The summed E-state index contributed by atoms with van der Waals surface area (Å²) in [4.78, 5) is 26.3. The highest BCUT2D eigenvalue weighted by atomic mass is 16.5. The summed E-state index contributed by atoms with van der Waals surface area (Å²) >= 11 is 0. The quantitative estimate of drug-likeness (QED) is 0.898. The number of rotatable bonds is 5. The fourth-order valence-corrected chi connectivity index (χ4v) is 2.80. The van der Waals surface area contributed by atoms with Crippen LogP contribution in [0.2, 0.25) is 0 Å².